The van der Waals surface area contributed by atoms with E-state index >= 15 is 0 Å². The molecule has 0 aliphatic rings. The Morgan fingerprint density at radius 2 is 2.20 bits per heavy atom. The molecule has 0 aliphatic carbocycles. The number of nitrogens with zero attached hydrogens (tertiary/aromatic N) is 2. The molecule has 0 fully saturated rings. The number of benzene rings is 1. The average molecular weight is 283 g/mol. The maximum atomic E-state index is 11.7. The molecule has 1 amide bonds. The maximum absolute atomic E-state index is 11.7. The number of nitrogens with one attached hydrogen (secondary N) is 1. The van der Waals surface area contributed by atoms with Gasteiger partial charge >= 0.3 is 0 Å². The molecule has 1 aromatic carbocycles. The largest absolute Gasteiger partial charge is 0.310 e. The van der Waals surface area contributed by atoms with Crippen LogP contribution in [0.3, 0.4) is 0 Å². The van der Waals surface area contributed by atoms with Crippen LogP contribution in [-0.2, 0) is 10.5 Å². The molecule has 0 spiro atoms. The second kappa shape index (κ2) is 7.31. The van der Waals surface area contributed by atoms with Crippen LogP contribution in [0.4, 0.5) is 5.82 Å². The van der Waals surface area contributed by atoms with E-state index in [1.807, 2.05) is 24.3 Å². The van der Waals surface area contributed by atoms with E-state index in [1.54, 1.807) is 24.4 Å². The highest BCUT2D eigenvalue weighted by Crippen LogP contribution is 2.14. The molecule has 100 valence electrons. The average Bonchev–Trinajstić information content (AvgIpc) is 2.48. The van der Waals surface area contributed by atoms with Gasteiger partial charge in [-0.15, -0.1) is 11.8 Å². The first-order chi connectivity index (χ1) is 9.78. The van der Waals surface area contributed by atoms with Gasteiger partial charge in [-0.2, -0.15) is 5.26 Å². The van der Waals surface area contributed by atoms with Crippen LogP contribution in [-0.4, -0.2) is 16.6 Å². The van der Waals surface area contributed by atoms with Gasteiger partial charge in [0.15, 0.2) is 0 Å². The summed E-state index contributed by atoms with van der Waals surface area (Å²) in [7, 11) is 0. The highest BCUT2D eigenvalue weighted by atomic mass is 32.2. The minimum atomic E-state index is -0.0786. The lowest BCUT2D eigenvalue weighted by Crippen LogP contribution is -2.14. The molecule has 0 atom stereocenters. The summed E-state index contributed by atoms with van der Waals surface area (Å²) in [5.74, 6) is 1.54. The fourth-order valence-corrected chi connectivity index (χ4v) is 2.38. The molecule has 1 heterocycles. The molecule has 0 saturated heterocycles. The number of hydrogen-bond acceptors (Lipinski definition) is 4. The van der Waals surface area contributed by atoms with Crippen molar-refractivity contribution in [2.45, 2.75) is 5.75 Å². The van der Waals surface area contributed by atoms with Gasteiger partial charge in [-0.25, -0.2) is 4.98 Å². The number of hydrogen-bond donors (Lipinski definition) is 1. The summed E-state index contributed by atoms with van der Waals surface area (Å²) in [4.78, 5) is 15.7. The summed E-state index contributed by atoms with van der Waals surface area (Å²) < 4.78 is 0. The molecule has 4 nitrogen and oxygen atoms in total. The van der Waals surface area contributed by atoms with Crippen molar-refractivity contribution in [2.24, 2.45) is 0 Å². The summed E-state index contributed by atoms with van der Waals surface area (Å²) in [6.07, 6.45) is 1.64. The smallest absolute Gasteiger partial charge is 0.235 e. The highest BCUT2D eigenvalue weighted by Gasteiger charge is 2.03. The summed E-state index contributed by atoms with van der Waals surface area (Å²) in [6, 6.07) is 14.9. The summed E-state index contributed by atoms with van der Waals surface area (Å²) >= 11 is 1.50. The lowest BCUT2D eigenvalue weighted by atomic mass is 10.2. The Labute approximate surface area is 121 Å². The summed E-state index contributed by atoms with van der Waals surface area (Å²) in [5.41, 5.74) is 1.68. The van der Waals surface area contributed by atoms with Crippen LogP contribution < -0.4 is 5.32 Å². The number of carbonyl (C=O) groups is 1. The first-order valence-corrected chi connectivity index (χ1v) is 7.21. The number of aromatic nitrogens is 1. The minimum absolute atomic E-state index is 0.0786. The van der Waals surface area contributed by atoms with Crippen molar-refractivity contribution in [3.05, 3.63) is 59.8 Å². The number of anilines is 1. The molecule has 1 aromatic heterocycles. The highest BCUT2D eigenvalue weighted by molar-refractivity contribution is 7.99. The third-order valence-corrected chi connectivity index (χ3v) is 3.49. The zero-order valence-corrected chi connectivity index (χ0v) is 11.6. The number of amides is 1. The van der Waals surface area contributed by atoms with Crippen LogP contribution in [0.1, 0.15) is 11.1 Å². The summed E-state index contributed by atoms with van der Waals surface area (Å²) in [5, 5.41) is 11.5. The number of pyridine rings is 1. The Hall–Kier alpha value is -2.32. The molecule has 5 heteroatoms. The lowest BCUT2D eigenvalue weighted by molar-refractivity contribution is -0.113. The molecule has 0 unspecified atom stereocenters. The third-order valence-electron chi connectivity index (χ3n) is 2.49. The predicted octanol–water partition coefficient (Wildman–Crippen LogP) is 2.83. The van der Waals surface area contributed by atoms with E-state index in [0.29, 0.717) is 22.9 Å². The number of carbonyl (C=O) groups excluding carboxylic acids is 1. The maximum Gasteiger partial charge on any atom is 0.235 e. The molecule has 2 aromatic rings. The van der Waals surface area contributed by atoms with Crippen molar-refractivity contribution >= 4 is 23.5 Å². The standard InChI is InChI=1S/C15H13N3OS/c16-9-12-4-3-5-13(8-12)10-20-11-15(19)18-14-6-1-2-7-17-14/h1-8H,10-11H2,(H,17,18,19). The van der Waals surface area contributed by atoms with Gasteiger partial charge in [0.25, 0.3) is 0 Å². The van der Waals surface area contributed by atoms with E-state index < -0.39 is 0 Å². The van der Waals surface area contributed by atoms with E-state index in [9.17, 15) is 4.79 Å². The van der Waals surface area contributed by atoms with Crippen LogP contribution in [0.2, 0.25) is 0 Å². The second-order valence-electron chi connectivity index (χ2n) is 4.07. The molecule has 0 saturated carbocycles. The van der Waals surface area contributed by atoms with Crippen molar-refractivity contribution < 1.29 is 4.79 Å². The van der Waals surface area contributed by atoms with E-state index in [2.05, 4.69) is 16.4 Å². The Kier molecular flexibility index (Phi) is 5.15. The van der Waals surface area contributed by atoms with Crippen LogP contribution in [0.5, 0.6) is 0 Å². The fourth-order valence-electron chi connectivity index (χ4n) is 1.61. The van der Waals surface area contributed by atoms with Crippen LogP contribution >= 0.6 is 11.8 Å². The first kappa shape index (κ1) is 14.1. The Morgan fingerprint density at radius 1 is 1.30 bits per heavy atom. The van der Waals surface area contributed by atoms with Crippen LogP contribution in [0, 0.1) is 11.3 Å². The monoisotopic (exact) mass is 283 g/mol. The van der Waals surface area contributed by atoms with E-state index in [0.717, 1.165) is 5.56 Å². The van der Waals surface area contributed by atoms with Gasteiger partial charge in [0.05, 0.1) is 17.4 Å². The third kappa shape index (κ3) is 4.41. The summed E-state index contributed by atoms with van der Waals surface area (Å²) in [6.45, 7) is 0. The van der Waals surface area contributed by atoms with Crippen molar-refractivity contribution in [3.8, 4) is 6.07 Å². The van der Waals surface area contributed by atoms with Gasteiger partial charge in [0.2, 0.25) is 5.91 Å². The zero-order chi connectivity index (χ0) is 14.2. The Morgan fingerprint density at radius 3 is 2.95 bits per heavy atom. The Bertz CT molecular complexity index is 623. The second-order valence-corrected chi connectivity index (χ2v) is 5.05. The minimum Gasteiger partial charge on any atom is -0.310 e. The van der Waals surface area contributed by atoms with Crippen LogP contribution in [0.25, 0.3) is 0 Å². The van der Waals surface area contributed by atoms with Crippen molar-refractivity contribution in [1.82, 2.24) is 4.98 Å². The molecule has 0 bridgehead atoms. The van der Waals surface area contributed by atoms with E-state index in [1.165, 1.54) is 11.8 Å². The normalized spacial score (nSPS) is 9.75. The molecule has 0 radical (unpaired) electrons. The lowest BCUT2D eigenvalue weighted by Gasteiger charge is -2.04. The van der Waals surface area contributed by atoms with Gasteiger partial charge in [0, 0.05) is 11.9 Å². The number of rotatable bonds is 5. The van der Waals surface area contributed by atoms with Gasteiger partial charge in [0.1, 0.15) is 5.82 Å². The van der Waals surface area contributed by atoms with Gasteiger partial charge in [-0.3, -0.25) is 4.79 Å². The van der Waals surface area contributed by atoms with Gasteiger partial charge < -0.3 is 5.32 Å². The number of thioether (sulfide) groups is 1. The quantitative estimate of drug-likeness (QED) is 0.916. The molecule has 1 N–H and O–H groups in total. The van der Waals surface area contributed by atoms with Gasteiger partial charge in [-0.1, -0.05) is 18.2 Å². The first-order valence-electron chi connectivity index (χ1n) is 6.05. The van der Waals surface area contributed by atoms with Crippen molar-refractivity contribution in [3.63, 3.8) is 0 Å². The SMILES string of the molecule is N#Cc1cccc(CSCC(=O)Nc2ccccn2)c1. The molecule has 0 aliphatic heterocycles. The van der Waals surface area contributed by atoms with Crippen molar-refractivity contribution in [2.75, 3.05) is 11.1 Å². The van der Waals surface area contributed by atoms with E-state index in [-0.39, 0.29) is 5.91 Å². The Balaban J connectivity index is 1.78. The zero-order valence-electron chi connectivity index (χ0n) is 10.7. The fraction of sp³-hybridized carbons (Fsp3) is 0.133. The van der Waals surface area contributed by atoms with E-state index in [4.69, 9.17) is 5.26 Å². The topological polar surface area (TPSA) is 65.8 Å². The van der Waals surface area contributed by atoms with Crippen LogP contribution in [0.15, 0.2) is 48.7 Å². The molecular weight excluding hydrogens is 270 g/mol. The predicted molar refractivity (Wildman–Crippen MR) is 80.2 cm³/mol. The molecular formula is C15H13N3OS. The molecule has 2 rings (SSSR count). The molecule has 20 heavy (non-hydrogen) atoms. The van der Waals surface area contributed by atoms with Crippen molar-refractivity contribution in [1.29, 1.82) is 5.26 Å². The van der Waals surface area contributed by atoms with Gasteiger partial charge in [-0.05, 0) is 29.8 Å². The number of nitriles is 1.